The number of fused-ring (bicyclic) bond motifs is 3. The molecule has 0 aromatic carbocycles. The van der Waals surface area contributed by atoms with Gasteiger partial charge < -0.3 is 20.1 Å². The average molecular weight is 493 g/mol. The van der Waals surface area contributed by atoms with Gasteiger partial charge in [-0.2, -0.15) is 0 Å². The van der Waals surface area contributed by atoms with Crippen LogP contribution < -0.4 is 16.2 Å². The molecule has 0 saturated heterocycles. The first-order valence-electron chi connectivity index (χ1n) is 11.1. The van der Waals surface area contributed by atoms with Crippen molar-refractivity contribution in [1.29, 1.82) is 0 Å². The van der Waals surface area contributed by atoms with Crippen LogP contribution >= 0.6 is 23.1 Å². The van der Waals surface area contributed by atoms with Gasteiger partial charge in [0.1, 0.15) is 4.83 Å². The van der Waals surface area contributed by atoms with E-state index in [4.69, 9.17) is 14.5 Å². The zero-order chi connectivity index (χ0) is 23.5. The third kappa shape index (κ3) is 4.67. The minimum Gasteiger partial charge on any atom is -0.463 e. The summed E-state index contributed by atoms with van der Waals surface area (Å²) in [6, 6.07) is -0.792. The number of aryl methyl sites for hydroxylation is 2. The van der Waals surface area contributed by atoms with E-state index < -0.39 is 12.0 Å². The van der Waals surface area contributed by atoms with Crippen molar-refractivity contribution in [2.24, 2.45) is 0 Å². The molecule has 0 radical (unpaired) electrons. The van der Waals surface area contributed by atoms with Crippen molar-refractivity contribution in [2.45, 2.75) is 57.3 Å². The molecular weight excluding hydrogens is 464 g/mol. The number of hydrogen-bond donors (Lipinski definition) is 2. The Morgan fingerprint density at radius 1 is 1.30 bits per heavy atom. The second-order valence-electron chi connectivity index (χ2n) is 7.84. The van der Waals surface area contributed by atoms with E-state index in [1.807, 2.05) is 6.92 Å². The predicted molar refractivity (Wildman–Crippen MR) is 128 cm³/mol. The normalized spacial score (nSPS) is 17.8. The molecule has 0 bridgehead atoms. The second-order valence-corrected chi connectivity index (χ2v) is 9.87. The fraction of sp³-hybridized carbons (Fsp3) is 0.545. The van der Waals surface area contributed by atoms with Crippen LogP contribution in [0.4, 0.5) is 4.79 Å². The first kappa shape index (κ1) is 23.8. The molecule has 0 spiro atoms. The van der Waals surface area contributed by atoms with Gasteiger partial charge in [-0.25, -0.2) is 14.6 Å². The molecule has 3 heterocycles. The summed E-state index contributed by atoms with van der Waals surface area (Å²) in [7, 11) is 1.60. The number of hydrogen-bond acceptors (Lipinski definition) is 8. The van der Waals surface area contributed by atoms with E-state index in [-0.39, 0.29) is 24.0 Å². The van der Waals surface area contributed by atoms with Gasteiger partial charge in [0.25, 0.3) is 5.56 Å². The number of nitrogens with one attached hydrogen (secondary N) is 2. The number of carbonyl (C=O) groups is 2. The molecule has 2 N–H and O–H groups in total. The van der Waals surface area contributed by atoms with E-state index in [0.717, 1.165) is 35.0 Å². The molecule has 0 unspecified atom stereocenters. The van der Waals surface area contributed by atoms with E-state index in [0.29, 0.717) is 36.0 Å². The van der Waals surface area contributed by atoms with Gasteiger partial charge >= 0.3 is 12.0 Å². The van der Waals surface area contributed by atoms with E-state index in [1.54, 1.807) is 29.9 Å². The number of thioether (sulfide) groups is 1. The third-order valence-corrected chi connectivity index (χ3v) is 7.99. The zero-order valence-corrected chi connectivity index (χ0v) is 20.6. The molecule has 178 valence electrons. The molecule has 4 rings (SSSR count). The molecule has 2 aromatic rings. The fourth-order valence-corrected chi connectivity index (χ4v) is 6.56. The molecule has 2 amide bonds. The van der Waals surface area contributed by atoms with Crippen molar-refractivity contribution in [3.63, 3.8) is 0 Å². The van der Waals surface area contributed by atoms with Gasteiger partial charge in [0.15, 0.2) is 5.16 Å². The second kappa shape index (κ2) is 10.3. The highest BCUT2D eigenvalue weighted by Gasteiger charge is 2.32. The van der Waals surface area contributed by atoms with E-state index in [9.17, 15) is 14.4 Å². The topological polar surface area (TPSA) is 112 Å². The highest BCUT2D eigenvalue weighted by molar-refractivity contribution is 7.99. The minimum absolute atomic E-state index is 0.0562. The summed E-state index contributed by atoms with van der Waals surface area (Å²) >= 11 is 2.91. The number of methoxy groups -OCH3 is 1. The molecule has 1 aliphatic carbocycles. The van der Waals surface area contributed by atoms with E-state index in [1.165, 1.54) is 16.6 Å². The van der Waals surface area contributed by atoms with Crippen LogP contribution in [0.15, 0.2) is 21.2 Å². The van der Waals surface area contributed by atoms with Crippen LogP contribution in [0.2, 0.25) is 0 Å². The molecule has 11 heteroatoms. The van der Waals surface area contributed by atoms with Crippen LogP contribution in [0.1, 0.15) is 37.1 Å². The van der Waals surface area contributed by atoms with Gasteiger partial charge in [0.2, 0.25) is 0 Å². The molecule has 33 heavy (non-hydrogen) atoms. The SMILES string of the molecule is CCOC(=O)C1=C(CSc2nc3sc4c(c3c(=O)n2CCOC)CCC4)NC(=O)N[C@H]1CC. The number of urea groups is 1. The monoisotopic (exact) mass is 492 g/mol. The van der Waals surface area contributed by atoms with Crippen molar-refractivity contribution in [2.75, 3.05) is 26.1 Å². The summed E-state index contributed by atoms with van der Waals surface area (Å²) in [4.78, 5) is 45.1. The molecule has 0 fully saturated rings. The summed E-state index contributed by atoms with van der Waals surface area (Å²) in [5.74, 6) is -0.184. The van der Waals surface area contributed by atoms with Gasteiger partial charge in [-0.1, -0.05) is 18.7 Å². The average Bonchev–Trinajstić information content (AvgIpc) is 3.37. The molecule has 2 aromatic heterocycles. The van der Waals surface area contributed by atoms with E-state index >= 15 is 0 Å². The summed E-state index contributed by atoms with van der Waals surface area (Å²) in [6.07, 6.45) is 3.53. The van der Waals surface area contributed by atoms with Crippen molar-refractivity contribution in [1.82, 2.24) is 20.2 Å². The van der Waals surface area contributed by atoms with Gasteiger partial charge in [0, 0.05) is 23.4 Å². The number of ether oxygens (including phenoxy) is 2. The summed E-state index contributed by atoms with van der Waals surface area (Å²) in [5, 5.41) is 6.80. The van der Waals surface area contributed by atoms with E-state index in [2.05, 4.69) is 10.6 Å². The number of thiophene rings is 1. The van der Waals surface area contributed by atoms with Crippen molar-refractivity contribution < 1.29 is 19.1 Å². The lowest BCUT2D eigenvalue weighted by molar-refractivity contribution is -0.139. The molecular formula is C22H28N4O5S2. The number of carbonyl (C=O) groups excluding carboxylic acids is 2. The molecule has 1 atom stereocenters. The minimum atomic E-state index is -0.456. The van der Waals surface area contributed by atoms with Crippen LogP contribution in [0, 0.1) is 0 Å². The Morgan fingerprint density at radius 3 is 2.85 bits per heavy atom. The maximum Gasteiger partial charge on any atom is 0.337 e. The fourth-order valence-electron chi connectivity index (χ4n) is 4.26. The Hall–Kier alpha value is -2.37. The Balaban J connectivity index is 1.72. The first-order valence-corrected chi connectivity index (χ1v) is 12.9. The lowest BCUT2D eigenvalue weighted by Crippen LogP contribution is -2.50. The Labute approximate surface area is 199 Å². The lowest BCUT2D eigenvalue weighted by Gasteiger charge is -2.28. The lowest BCUT2D eigenvalue weighted by atomic mass is 10.0. The highest BCUT2D eigenvalue weighted by atomic mass is 32.2. The maximum atomic E-state index is 13.4. The number of aromatic nitrogens is 2. The van der Waals surface area contributed by atoms with Gasteiger partial charge in [-0.15, -0.1) is 11.3 Å². The third-order valence-electron chi connectivity index (χ3n) is 5.80. The van der Waals surface area contributed by atoms with Crippen molar-refractivity contribution >= 4 is 45.3 Å². The standard InChI is InChI=1S/C22H28N4O5S2/c1-4-13-17(20(28)31-5-2)14(24-21(29)23-13)11-32-22-25-18-16(12-7-6-8-15(12)33-18)19(27)26(22)9-10-30-3/h13H,4-11H2,1-3H3,(H2,23,24,29)/t13-/m0/s1. The van der Waals surface area contributed by atoms with Gasteiger partial charge in [-0.3, -0.25) is 9.36 Å². The quantitative estimate of drug-likeness (QED) is 0.314. The largest absolute Gasteiger partial charge is 0.463 e. The molecule has 9 nitrogen and oxygen atoms in total. The van der Waals surface area contributed by atoms with Crippen LogP contribution in [0.5, 0.6) is 0 Å². The number of esters is 1. The zero-order valence-electron chi connectivity index (χ0n) is 19.0. The number of nitrogens with zero attached hydrogens (tertiary/aromatic N) is 2. The van der Waals surface area contributed by atoms with Crippen molar-refractivity contribution in [3.8, 4) is 0 Å². The Morgan fingerprint density at radius 2 is 2.12 bits per heavy atom. The van der Waals surface area contributed by atoms with Crippen LogP contribution in [0.25, 0.3) is 10.2 Å². The Kier molecular flexibility index (Phi) is 7.40. The summed E-state index contributed by atoms with van der Waals surface area (Å²) in [6.45, 7) is 4.64. The van der Waals surface area contributed by atoms with Crippen LogP contribution in [0.3, 0.4) is 0 Å². The van der Waals surface area contributed by atoms with Gasteiger partial charge in [-0.05, 0) is 38.2 Å². The van der Waals surface area contributed by atoms with Crippen molar-refractivity contribution in [3.05, 3.63) is 32.1 Å². The first-order chi connectivity index (χ1) is 16.0. The van der Waals surface area contributed by atoms with Gasteiger partial charge in [0.05, 0.1) is 36.8 Å². The number of amides is 2. The molecule has 2 aliphatic rings. The van der Waals surface area contributed by atoms with Crippen LogP contribution in [-0.4, -0.2) is 53.7 Å². The number of rotatable bonds is 9. The molecule has 1 aliphatic heterocycles. The smallest absolute Gasteiger partial charge is 0.337 e. The highest BCUT2D eigenvalue weighted by Crippen LogP contribution is 2.36. The Bertz CT molecular complexity index is 1170. The van der Waals surface area contributed by atoms with Crippen LogP contribution in [-0.2, 0) is 33.7 Å². The molecule has 0 saturated carbocycles. The predicted octanol–water partition coefficient (Wildman–Crippen LogP) is 2.59. The maximum absolute atomic E-state index is 13.4. The summed E-state index contributed by atoms with van der Waals surface area (Å²) in [5.41, 5.74) is 1.97. The summed E-state index contributed by atoms with van der Waals surface area (Å²) < 4.78 is 12.1.